The van der Waals surface area contributed by atoms with Crippen LogP contribution in [0.15, 0.2) is 12.2 Å². The van der Waals surface area contributed by atoms with Crippen LogP contribution < -0.4 is 11.2 Å². The van der Waals surface area contributed by atoms with Crippen LogP contribution in [-0.4, -0.2) is 23.3 Å². The Morgan fingerprint density at radius 2 is 2.55 bits per heavy atom. The highest BCUT2D eigenvalue weighted by Gasteiger charge is 2.24. The zero-order valence-electron chi connectivity index (χ0n) is 5.86. The number of hydrogen-bond donors (Lipinski definition) is 3. The minimum Gasteiger partial charge on any atom is -0.465 e. The Balaban J connectivity index is 2.43. The Hall–Kier alpha value is -1.07. The van der Waals surface area contributed by atoms with Crippen LogP contribution in [0.25, 0.3) is 0 Å². The van der Waals surface area contributed by atoms with E-state index in [1.165, 1.54) is 0 Å². The topological polar surface area (TPSA) is 84.6 Å². The largest absolute Gasteiger partial charge is 0.465 e. The Labute approximate surface area is 63.8 Å². The summed E-state index contributed by atoms with van der Waals surface area (Å²) in [5.41, 5.74) is 0. The van der Waals surface area contributed by atoms with Gasteiger partial charge in [-0.3, -0.25) is 4.84 Å². The van der Waals surface area contributed by atoms with Gasteiger partial charge in [0.05, 0.1) is 6.04 Å². The first kappa shape index (κ1) is 8.03. The second-order valence-corrected chi connectivity index (χ2v) is 2.31. The molecule has 0 aliphatic heterocycles. The predicted octanol–water partition coefficient (Wildman–Crippen LogP) is -0.159. The van der Waals surface area contributed by atoms with Gasteiger partial charge in [0, 0.05) is 0 Å². The fraction of sp³-hybridized carbons (Fsp3) is 0.500. The average Bonchev–Trinajstić information content (AvgIpc) is 2.34. The molecule has 1 aliphatic carbocycles. The monoisotopic (exact) mass is 158 g/mol. The molecule has 0 aromatic heterocycles. The lowest BCUT2D eigenvalue weighted by Crippen LogP contribution is -2.41. The first-order valence-corrected chi connectivity index (χ1v) is 3.25. The van der Waals surface area contributed by atoms with E-state index >= 15 is 0 Å². The van der Waals surface area contributed by atoms with E-state index in [9.17, 15) is 4.79 Å². The molecule has 0 aromatic rings. The van der Waals surface area contributed by atoms with Crippen LogP contribution in [-0.2, 0) is 4.84 Å². The molecule has 0 heterocycles. The summed E-state index contributed by atoms with van der Waals surface area (Å²) in [5.74, 6) is 4.93. The molecule has 5 heteroatoms. The average molecular weight is 158 g/mol. The van der Waals surface area contributed by atoms with Crippen LogP contribution in [0.5, 0.6) is 0 Å². The summed E-state index contributed by atoms with van der Waals surface area (Å²) in [7, 11) is 0. The highest BCUT2D eigenvalue weighted by Crippen LogP contribution is 2.12. The van der Waals surface area contributed by atoms with Crippen molar-refractivity contribution in [2.24, 2.45) is 5.90 Å². The lowest BCUT2D eigenvalue weighted by molar-refractivity contribution is 0.0450. The number of nitrogens with one attached hydrogen (secondary N) is 1. The van der Waals surface area contributed by atoms with Crippen LogP contribution in [0, 0.1) is 0 Å². The highest BCUT2D eigenvalue weighted by atomic mass is 16.6. The van der Waals surface area contributed by atoms with Crippen molar-refractivity contribution in [1.82, 2.24) is 5.32 Å². The Kier molecular flexibility index (Phi) is 2.45. The molecule has 1 rings (SSSR count). The third-order valence-corrected chi connectivity index (χ3v) is 1.58. The third kappa shape index (κ3) is 1.92. The van der Waals surface area contributed by atoms with Crippen LogP contribution in [0.4, 0.5) is 4.79 Å². The number of hydrogen-bond acceptors (Lipinski definition) is 3. The predicted molar refractivity (Wildman–Crippen MR) is 37.8 cm³/mol. The van der Waals surface area contributed by atoms with E-state index in [2.05, 4.69) is 10.2 Å². The minimum atomic E-state index is -1.07. The molecular formula is C6H10N2O3. The molecule has 11 heavy (non-hydrogen) atoms. The van der Waals surface area contributed by atoms with Crippen LogP contribution in [0.2, 0.25) is 0 Å². The van der Waals surface area contributed by atoms with E-state index in [1.807, 2.05) is 6.08 Å². The lowest BCUT2D eigenvalue weighted by Gasteiger charge is -2.15. The molecule has 1 aliphatic rings. The van der Waals surface area contributed by atoms with Gasteiger partial charge in [0.25, 0.3) is 0 Å². The van der Waals surface area contributed by atoms with E-state index in [1.54, 1.807) is 6.08 Å². The summed E-state index contributed by atoms with van der Waals surface area (Å²) in [4.78, 5) is 14.7. The van der Waals surface area contributed by atoms with Gasteiger partial charge in [-0.15, -0.1) is 0 Å². The molecular weight excluding hydrogens is 148 g/mol. The molecule has 0 saturated carbocycles. The van der Waals surface area contributed by atoms with Gasteiger partial charge in [0.1, 0.15) is 6.10 Å². The van der Waals surface area contributed by atoms with E-state index in [4.69, 9.17) is 11.0 Å². The number of rotatable bonds is 2. The highest BCUT2D eigenvalue weighted by molar-refractivity contribution is 5.65. The van der Waals surface area contributed by atoms with E-state index in [0.717, 1.165) is 0 Å². The number of amides is 1. The second-order valence-electron chi connectivity index (χ2n) is 2.31. The zero-order chi connectivity index (χ0) is 8.27. The lowest BCUT2D eigenvalue weighted by atomic mass is 10.2. The van der Waals surface area contributed by atoms with Crippen molar-refractivity contribution in [1.29, 1.82) is 0 Å². The van der Waals surface area contributed by atoms with Gasteiger partial charge in [0.15, 0.2) is 0 Å². The summed E-state index contributed by atoms with van der Waals surface area (Å²) in [6.45, 7) is 0. The Bertz CT molecular complexity index is 181. The maximum Gasteiger partial charge on any atom is 0.405 e. The summed E-state index contributed by atoms with van der Waals surface area (Å²) in [5, 5.41) is 10.6. The normalized spacial score (nSPS) is 28.8. The first-order chi connectivity index (χ1) is 5.24. The van der Waals surface area contributed by atoms with E-state index < -0.39 is 6.09 Å². The van der Waals surface area contributed by atoms with Crippen LogP contribution in [0.1, 0.15) is 6.42 Å². The molecule has 62 valence electrons. The first-order valence-electron chi connectivity index (χ1n) is 3.25. The van der Waals surface area contributed by atoms with E-state index in [-0.39, 0.29) is 12.1 Å². The standard InChI is InChI=1S/C6H10N2O3/c7-11-5-3-1-2-4(5)8-6(9)10/h1-2,4-5,8H,3,7H2,(H,9,10). The third-order valence-electron chi connectivity index (χ3n) is 1.58. The Morgan fingerprint density at radius 3 is 3.09 bits per heavy atom. The van der Waals surface area contributed by atoms with Gasteiger partial charge in [-0.05, 0) is 6.42 Å². The maximum atomic E-state index is 10.2. The number of carboxylic acid groups (broad SMARTS) is 1. The van der Waals surface area contributed by atoms with Gasteiger partial charge in [-0.25, -0.2) is 10.7 Å². The van der Waals surface area contributed by atoms with Crippen LogP contribution in [0.3, 0.4) is 0 Å². The zero-order valence-corrected chi connectivity index (χ0v) is 5.86. The van der Waals surface area contributed by atoms with Crippen molar-refractivity contribution in [2.45, 2.75) is 18.6 Å². The smallest absolute Gasteiger partial charge is 0.405 e. The molecule has 0 radical (unpaired) electrons. The SMILES string of the molecule is NOC1CC=CC1NC(=O)O. The number of nitrogens with two attached hydrogens (primary N) is 1. The molecule has 5 nitrogen and oxygen atoms in total. The maximum absolute atomic E-state index is 10.2. The molecule has 0 bridgehead atoms. The van der Waals surface area contributed by atoms with E-state index in [0.29, 0.717) is 6.42 Å². The van der Waals surface area contributed by atoms with Crippen molar-refractivity contribution in [2.75, 3.05) is 0 Å². The Morgan fingerprint density at radius 1 is 1.82 bits per heavy atom. The van der Waals surface area contributed by atoms with Crippen molar-refractivity contribution in [3.8, 4) is 0 Å². The molecule has 2 atom stereocenters. The van der Waals surface area contributed by atoms with Crippen molar-refractivity contribution < 1.29 is 14.7 Å². The van der Waals surface area contributed by atoms with Gasteiger partial charge in [0.2, 0.25) is 0 Å². The summed E-state index contributed by atoms with van der Waals surface area (Å²) >= 11 is 0. The van der Waals surface area contributed by atoms with Gasteiger partial charge in [-0.2, -0.15) is 0 Å². The molecule has 0 fully saturated rings. The quantitative estimate of drug-likeness (QED) is 0.385. The van der Waals surface area contributed by atoms with Gasteiger partial charge >= 0.3 is 6.09 Å². The summed E-state index contributed by atoms with van der Waals surface area (Å²) < 4.78 is 0. The van der Waals surface area contributed by atoms with Crippen molar-refractivity contribution in [3.63, 3.8) is 0 Å². The molecule has 0 spiro atoms. The van der Waals surface area contributed by atoms with Crippen molar-refractivity contribution in [3.05, 3.63) is 12.2 Å². The minimum absolute atomic E-state index is 0.258. The van der Waals surface area contributed by atoms with Gasteiger partial charge < -0.3 is 10.4 Å². The summed E-state index contributed by atoms with van der Waals surface area (Å²) in [6, 6.07) is -0.308. The molecule has 2 unspecified atom stereocenters. The fourth-order valence-corrected chi connectivity index (χ4v) is 1.05. The van der Waals surface area contributed by atoms with Crippen LogP contribution >= 0.6 is 0 Å². The fourth-order valence-electron chi connectivity index (χ4n) is 1.05. The molecule has 0 saturated heterocycles. The second kappa shape index (κ2) is 3.36. The number of carbonyl (C=O) groups is 1. The molecule has 0 aromatic carbocycles. The van der Waals surface area contributed by atoms with Gasteiger partial charge in [-0.1, -0.05) is 12.2 Å². The molecule has 1 amide bonds. The summed E-state index contributed by atoms with van der Waals surface area (Å²) in [6.07, 6.45) is 2.89. The van der Waals surface area contributed by atoms with Crippen molar-refractivity contribution >= 4 is 6.09 Å². The molecule has 4 N–H and O–H groups in total.